The van der Waals surface area contributed by atoms with Gasteiger partial charge in [0.2, 0.25) is 0 Å². The minimum absolute atomic E-state index is 0.187. The summed E-state index contributed by atoms with van der Waals surface area (Å²) in [7, 11) is -1.68. The lowest BCUT2D eigenvalue weighted by Gasteiger charge is -2.41. The fourth-order valence-corrected chi connectivity index (χ4v) is 5.96. The highest BCUT2D eigenvalue weighted by atomic mass is 28.3. The van der Waals surface area contributed by atoms with Crippen molar-refractivity contribution in [2.24, 2.45) is 0 Å². The first-order valence-electron chi connectivity index (χ1n) is 7.40. The minimum Gasteiger partial charge on any atom is -0.410 e. The molecule has 0 saturated heterocycles. The summed E-state index contributed by atoms with van der Waals surface area (Å²) in [5.74, 6) is 0. The highest BCUT2D eigenvalue weighted by molar-refractivity contribution is 6.84. The number of aryl methyl sites for hydroxylation is 1. The van der Waals surface area contributed by atoms with Crippen molar-refractivity contribution in [2.45, 2.75) is 52.8 Å². The van der Waals surface area contributed by atoms with Gasteiger partial charge >= 0.3 is 0 Å². The summed E-state index contributed by atoms with van der Waals surface area (Å²) in [6, 6.07) is 8.76. The molecule has 0 bridgehead atoms. The number of allylic oxidation sites excluding steroid dienone is 4. The number of rotatable bonds is 3. The predicted octanol–water partition coefficient (Wildman–Crippen LogP) is 5.67. The van der Waals surface area contributed by atoms with E-state index in [1.807, 2.05) is 0 Å². The van der Waals surface area contributed by atoms with Crippen molar-refractivity contribution in [1.29, 1.82) is 0 Å². The zero-order valence-electron chi connectivity index (χ0n) is 13.9. The van der Waals surface area contributed by atoms with Crippen LogP contribution in [0.1, 0.15) is 33.3 Å². The van der Waals surface area contributed by atoms with Gasteiger partial charge in [-0.3, -0.25) is 0 Å². The Hall–Kier alpha value is -1.28. The Morgan fingerprint density at radius 3 is 1.95 bits per heavy atom. The molecule has 2 heteroatoms. The van der Waals surface area contributed by atoms with E-state index in [0.717, 1.165) is 0 Å². The van der Waals surface area contributed by atoms with Crippen LogP contribution in [0.2, 0.25) is 18.1 Å². The van der Waals surface area contributed by atoms with Crippen molar-refractivity contribution in [3.8, 4) is 0 Å². The second kappa shape index (κ2) is 4.92. The van der Waals surface area contributed by atoms with Gasteiger partial charge in [-0.2, -0.15) is 0 Å². The minimum atomic E-state index is -1.68. The molecule has 1 atom stereocenters. The summed E-state index contributed by atoms with van der Waals surface area (Å²) in [5, 5.41) is 0.187. The van der Waals surface area contributed by atoms with Crippen molar-refractivity contribution < 1.29 is 0 Å². The molecule has 1 aliphatic carbocycles. The first-order chi connectivity index (χ1) is 9.17. The lowest BCUT2D eigenvalue weighted by Crippen LogP contribution is -2.47. The maximum atomic E-state index is 3.86. The van der Waals surface area contributed by atoms with E-state index in [2.05, 4.69) is 83.0 Å². The van der Waals surface area contributed by atoms with Gasteiger partial charge in [-0.25, -0.2) is 0 Å². The van der Waals surface area contributed by atoms with Crippen LogP contribution in [0.3, 0.4) is 0 Å². The SMILES string of the molecule is CC1=CC(C)([Si](C)(C)Nc2ccc(C)cc2)C(C)=C1C. The summed E-state index contributed by atoms with van der Waals surface area (Å²) in [6.07, 6.45) is 2.48. The quantitative estimate of drug-likeness (QED) is 0.706. The molecule has 1 aromatic rings. The smallest absolute Gasteiger partial charge is 0.161 e. The molecule has 108 valence electrons. The van der Waals surface area contributed by atoms with Crippen LogP contribution in [0.5, 0.6) is 0 Å². The molecular formula is C18H27NSi. The Balaban J connectivity index is 2.34. The summed E-state index contributed by atoms with van der Waals surface area (Å²) < 4.78 is 0. The number of nitrogens with one attached hydrogen (secondary N) is 1. The van der Waals surface area contributed by atoms with E-state index in [4.69, 9.17) is 0 Å². The Kier molecular flexibility index (Phi) is 3.72. The van der Waals surface area contributed by atoms with E-state index >= 15 is 0 Å². The molecule has 1 unspecified atom stereocenters. The van der Waals surface area contributed by atoms with Crippen molar-refractivity contribution in [2.75, 3.05) is 4.98 Å². The maximum Gasteiger partial charge on any atom is 0.161 e. The normalized spacial score (nSPS) is 23.1. The Morgan fingerprint density at radius 1 is 0.950 bits per heavy atom. The van der Waals surface area contributed by atoms with Gasteiger partial charge in [0.1, 0.15) is 0 Å². The number of hydrogen-bond acceptors (Lipinski definition) is 1. The number of benzene rings is 1. The number of anilines is 1. The van der Waals surface area contributed by atoms with Crippen LogP contribution in [0.15, 0.2) is 47.1 Å². The zero-order valence-corrected chi connectivity index (χ0v) is 14.9. The Bertz CT molecular complexity index is 578. The Labute approximate surface area is 124 Å². The molecule has 0 amide bonds. The average Bonchev–Trinajstić information content (AvgIpc) is 2.57. The molecule has 1 aromatic carbocycles. The van der Waals surface area contributed by atoms with Gasteiger partial charge in [-0.05, 0) is 45.4 Å². The third-order valence-corrected chi connectivity index (χ3v) is 9.27. The van der Waals surface area contributed by atoms with E-state index in [1.165, 1.54) is 28.0 Å². The average molecular weight is 286 g/mol. The van der Waals surface area contributed by atoms with Gasteiger partial charge in [0.05, 0.1) is 0 Å². The van der Waals surface area contributed by atoms with Gasteiger partial charge < -0.3 is 4.98 Å². The second-order valence-electron chi connectivity index (χ2n) is 6.90. The molecule has 0 aliphatic heterocycles. The van der Waals surface area contributed by atoms with Crippen LogP contribution in [-0.4, -0.2) is 8.24 Å². The van der Waals surface area contributed by atoms with Crippen molar-refractivity contribution >= 4 is 13.9 Å². The van der Waals surface area contributed by atoms with Crippen LogP contribution in [-0.2, 0) is 0 Å². The highest BCUT2D eigenvalue weighted by Crippen LogP contribution is 2.52. The highest BCUT2D eigenvalue weighted by Gasteiger charge is 2.46. The fourth-order valence-electron chi connectivity index (χ4n) is 3.11. The van der Waals surface area contributed by atoms with E-state index in [-0.39, 0.29) is 5.04 Å². The van der Waals surface area contributed by atoms with Crippen LogP contribution in [0.25, 0.3) is 0 Å². The lowest BCUT2D eigenvalue weighted by molar-refractivity contribution is 0.851. The summed E-state index contributed by atoms with van der Waals surface area (Å²) in [4.78, 5) is 3.86. The topological polar surface area (TPSA) is 12.0 Å². The molecule has 0 radical (unpaired) electrons. The monoisotopic (exact) mass is 285 g/mol. The van der Waals surface area contributed by atoms with Crippen LogP contribution in [0.4, 0.5) is 5.69 Å². The second-order valence-corrected chi connectivity index (χ2v) is 11.4. The zero-order chi connectivity index (χ0) is 15.1. The fraction of sp³-hybridized carbons (Fsp3) is 0.444. The molecule has 20 heavy (non-hydrogen) atoms. The molecule has 0 heterocycles. The van der Waals surface area contributed by atoms with Crippen LogP contribution in [0, 0.1) is 6.92 Å². The molecule has 1 nitrogen and oxygen atoms in total. The van der Waals surface area contributed by atoms with Crippen molar-refractivity contribution in [3.63, 3.8) is 0 Å². The standard InChI is InChI=1S/C18H27NSi/c1-13-8-10-17(11-9-13)19-20(6,7)18(5)12-14(2)15(3)16(18)4/h8-12,19H,1-7H3. The van der Waals surface area contributed by atoms with E-state index in [9.17, 15) is 0 Å². The van der Waals surface area contributed by atoms with Crippen LogP contribution < -0.4 is 4.98 Å². The van der Waals surface area contributed by atoms with E-state index in [1.54, 1.807) is 0 Å². The summed E-state index contributed by atoms with van der Waals surface area (Å²) in [5.41, 5.74) is 7.00. The van der Waals surface area contributed by atoms with Gasteiger partial charge in [0, 0.05) is 10.7 Å². The third kappa shape index (κ3) is 2.37. The molecule has 2 rings (SSSR count). The van der Waals surface area contributed by atoms with Crippen molar-refractivity contribution in [1.82, 2.24) is 0 Å². The first-order valence-corrected chi connectivity index (χ1v) is 10.4. The Morgan fingerprint density at radius 2 is 1.50 bits per heavy atom. The first kappa shape index (κ1) is 15.1. The predicted molar refractivity (Wildman–Crippen MR) is 92.8 cm³/mol. The van der Waals surface area contributed by atoms with Gasteiger partial charge in [-0.1, -0.05) is 54.9 Å². The van der Waals surface area contributed by atoms with Gasteiger partial charge in [0.25, 0.3) is 0 Å². The summed E-state index contributed by atoms with van der Waals surface area (Å²) >= 11 is 0. The molecule has 1 aliphatic rings. The van der Waals surface area contributed by atoms with Crippen molar-refractivity contribution in [3.05, 3.63) is 52.6 Å². The molecule has 0 fully saturated rings. The molecule has 0 saturated carbocycles. The molecule has 0 aromatic heterocycles. The molecular weight excluding hydrogens is 258 g/mol. The summed E-state index contributed by atoms with van der Waals surface area (Å²) in [6.45, 7) is 16.2. The van der Waals surface area contributed by atoms with Crippen LogP contribution >= 0.6 is 0 Å². The molecule has 1 N–H and O–H groups in total. The van der Waals surface area contributed by atoms with Gasteiger partial charge in [-0.15, -0.1) is 0 Å². The third-order valence-electron chi connectivity index (χ3n) is 5.24. The maximum absolute atomic E-state index is 3.86. The molecule has 0 spiro atoms. The van der Waals surface area contributed by atoms with Gasteiger partial charge in [0.15, 0.2) is 8.24 Å². The lowest BCUT2D eigenvalue weighted by atomic mass is 10.0. The van der Waals surface area contributed by atoms with E-state index < -0.39 is 8.24 Å². The largest absolute Gasteiger partial charge is 0.410 e. The van der Waals surface area contributed by atoms with E-state index in [0.29, 0.717) is 0 Å². The number of hydrogen-bond donors (Lipinski definition) is 1.